The number of amides is 2. The zero-order chi connectivity index (χ0) is 26.6. The molecule has 0 bridgehead atoms. The van der Waals surface area contributed by atoms with Gasteiger partial charge in [-0.25, -0.2) is 9.59 Å². The van der Waals surface area contributed by atoms with Crippen LogP contribution in [0.4, 0.5) is 0 Å². The highest BCUT2D eigenvalue weighted by Crippen LogP contribution is 2.06. The number of carbonyl (C=O) groups is 6. The lowest BCUT2D eigenvalue weighted by Crippen LogP contribution is -2.43. The summed E-state index contributed by atoms with van der Waals surface area (Å²) < 4.78 is 19.5. The van der Waals surface area contributed by atoms with Gasteiger partial charge < -0.3 is 29.6 Å². The van der Waals surface area contributed by atoms with E-state index in [1.54, 1.807) is 27.7 Å². The normalized spacial score (nSPS) is 12.0. The molecule has 0 heterocycles. The zero-order valence-corrected chi connectivity index (χ0v) is 21.0. The van der Waals surface area contributed by atoms with Gasteiger partial charge in [-0.3, -0.25) is 19.2 Å². The second-order valence-corrected chi connectivity index (χ2v) is 7.29. The first-order valence-electron chi connectivity index (χ1n) is 11.9. The molecule has 12 nitrogen and oxygen atoms in total. The highest BCUT2D eigenvalue weighted by Gasteiger charge is 2.25. The van der Waals surface area contributed by atoms with E-state index < -0.39 is 47.8 Å². The molecule has 0 unspecified atom stereocenters. The predicted molar refractivity (Wildman–Crippen MR) is 123 cm³/mol. The van der Waals surface area contributed by atoms with Crippen molar-refractivity contribution in [2.45, 2.75) is 84.7 Å². The molecule has 0 radical (unpaired) electrons. The van der Waals surface area contributed by atoms with Crippen molar-refractivity contribution >= 4 is 35.7 Å². The quantitative estimate of drug-likeness (QED) is 0.204. The maximum atomic E-state index is 12.3. The summed E-state index contributed by atoms with van der Waals surface area (Å²) in [6.45, 7) is 7.20. The van der Waals surface area contributed by atoms with Crippen LogP contribution >= 0.6 is 0 Å². The molecular weight excluding hydrogens is 464 g/mol. The van der Waals surface area contributed by atoms with Gasteiger partial charge in [-0.05, 0) is 47.0 Å². The van der Waals surface area contributed by atoms with E-state index in [0.29, 0.717) is 0 Å². The zero-order valence-electron chi connectivity index (χ0n) is 21.0. The molecular formula is C23H38N2O10. The lowest BCUT2D eigenvalue weighted by molar-refractivity contribution is -0.149. The number of hydrogen-bond acceptors (Lipinski definition) is 10. The van der Waals surface area contributed by atoms with Gasteiger partial charge in [-0.2, -0.15) is 0 Å². The fourth-order valence-electron chi connectivity index (χ4n) is 2.92. The molecule has 2 atom stereocenters. The molecule has 0 aromatic rings. The molecule has 0 aliphatic heterocycles. The number of esters is 4. The second kappa shape index (κ2) is 19.2. The van der Waals surface area contributed by atoms with Crippen molar-refractivity contribution in [1.82, 2.24) is 10.6 Å². The number of ether oxygens (including phenoxy) is 4. The molecule has 35 heavy (non-hydrogen) atoms. The fourth-order valence-corrected chi connectivity index (χ4v) is 2.92. The number of carbonyl (C=O) groups excluding carboxylic acids is 6. The minimum atomic E-state index is -1.02. The molecule has 0 aromatic carbocycles. The number of hydrogen-bond donors (Lipinski definition) is 2. The Hall–Kier alpha value is -3.18. The third-order valence-corrected chi connectivity index (χ3v) is 4.51. The summed E-state index contributed by atoms with van der Waals surface area (Å²) in [4.78, 5) is 71.9. The van der Waals surface area contributed by atoms with Crippen molar-refractivity contribution in [3.05, 3.63) is 0 Å². The van der Waals surface area contributed by atoms with Crippen LogP contribution in [0.2, 0.25) is 0 Å². The largest absolute Gasteiger partial charge is 0.466 e. The summed E-state index contributed by atoms with van der Waals surface area (Å²) in [5.41, 5.74) is 0. The standard InChI is InChI=1S/C23H38N2O10/c1-5-32-20(28)14-12-16(22(30)34-7-3)24-18(26)10-9-11-19(27)25-17(23(31)35-8-4)13-15-21(29)33-6-2/h16-17H,5-15H2,1-4H3,(H,24,26)(H,25,27)/t16-,17-/m1/s1. The average Bonchev–Trinajstić information content (AvgIpc) is 2.80. The average molecular weight is 503 g/mol. The Morgan fingerprint density at radius 3 is 1.20 bits per heavy atom. The van der Waals surface area contributed by atoms with Crippen LogP contribution in [0.3, 0.4) is 0 Å². The molecule has 0 aromatic heterocycles. The first-order valence-corrected chi connectivity index (χ1v) is 11.9. The van der Waals surface area contributed by atoms with E-state index in [1.807, 2.05) is 0 Å². The van der Waals surface area contributed by atoms with Crippen LogP contribution in [0.15, 0.2) is 0 Å². The molecule has 0 aliphatic rings. The minimum Gasteiger partial charge on any atom is -0.466 e. The Bertz CT molecular complexity index is 652. The number of nitrogens with one attached hydrogen (secondary N) is 2. The molecule has 0 saturated heterocycles. The van der Waals surface area contributed by atoms with Crippen LogP contribution in [0.25, 0.3) is 0 Å². The van der Waals surface area contributed by atoms with Gasteiger partial charge in [-0.15, -0.1) is 0 Å². The molecule has 200 valence electrons. The SMILES string of the molecule is CCOC(=O)CC[C@@H](NC(=O)CCCC(=O)N[C@H](CCC(=O)OCC)C(=O)OCC)C(=O)OCC. The lowest BCUT2D eigenvalue weighted by Gasteiger charge is -2.18. The van der Waals surface area contributed by atoms with Crippen molar-refractivity contribution < 1.29 is 47.7 Å². The van der Waals surface area contributed by atoms with Gasteiger partial charge in [0.05, 0.1) is 26.4 Å². The van der Waals surface area contributed by atoms with E-state index >= 15 is 0 Å². The topological polar surface area (TPSA) is 163 Å². The second-order valence-electron chi connectivity index (χ2n) is 7.29. The number of rotatable bonds is 18. The maximum absolute atomic E-state index is 12.3. The van der Waals surface area contributed by atoms with Gasteiger partial charge in [0.25, 0.3) is 0 Å². The van der Waals surface area contributed by atoms with Crippen LogP contribution < -0.4 is 10.6 Å². The van der Waals surface area contributed by atoms with Crippen LogP contribution in [0.1, 0.15) is 72.6 Å². The molecule has 12 heteroatoms. The van der Waals surface area contributed by atoms with E-state index in [-0.39, 0.29) is 71.4 Å². The van der Waals surface area contributed by atoms with Gasteiger partial charge in [0.1, 0.15) is 12.1 Å². The highest BCUT2D eigenvalue weighted by molar-refractivity contribution is 5.86. The maximum Gasteiger partial charge on any atom is 0.328 e. The van der Waals surface area contributed by atoms with E-state index in [9.17, 15) is 28.8 Å². The summed E-state index contributed by atoms with van der Waals surface area (Å²) in [5.74, 6) is -3.31. The smallest absolute Gasteiger partial charge is 0.328 e. The van der Waals surface area contributed by atoms with Crippen molar-refractivity contribution in [2.24, 2.45) is 0 Å². The van der Waals surface area contributed by atoms with Gasteiger partial charge in [0.15, 0.2) is 0 Å². The monoisotopic (exact) mass is 502 g/mol. The summed E-state index contributed by atoms with van der Waals surface area (Å²) in [5, 5.41) is 5.03. The molecule has 0 saturated carbocycles. The van der Waals surface area contributed by atoms with Crippen LogP contribution in [0, 0.1) is 0 Å². The highest BCUT2D eigenvalue weighted by atomic mass is 16.5. The van der Waals surface area contributed by atoms with Crippen molar-refractivity contribution in [3.63, 3.8) is 0 Å². The fraction of sp³-hybridized carbons (Fsp3) is 0.739. The Morgan fingerprint density at radius 2 is 0.886 bits per heavy atom. The summed E-state index contributed by atoms with van der Waals surface area (Å²) >= 11 is 0. The van der Waals surface area contributed by atoms with Crippen LogP contribution in [0.5, 0.6) is 0 Å². The molecule has 2 N–H and O–H groups in total. The van der Waals surface area contributed by atoms with Crippen molar-refractivity contribution in [3.8, 4) is 0 Å². The van der Waals surface area contributed by atoms with Crippen LogP contribution in [-0.4, -0.2) is 74.2 Å². The Balaban J connectivity index is 4.70. The minimum absolute atomic E-state index is 0.0194. The van der Waals surface area contributed by atoms with Gasteiger partial charge in [-0.1, -0.05) is 0 Å². The first-order chi connectivity index (χ1) is 16.7. The van der Waals surface area contributed by atoms with Crippen LogP contribution in [-0.2, 0) is 47.7 Å². The third kappa shape index (κ3) is 15.4. The Labute approximate surface area is 205 Å². The van der Waals surface area contributed by atoms with Crippen molar-refractivity contribution in [2.75, 3.05) is 26.4 Å². The first kappa shape index (κ1) is 31.8. The Kier molecular flexibility index (Phi) is 17.4. The predicted octanol–water partition coefficient (Wildman–Crippen LogP) is 0.939. The molecule has 0 aliphatic carbocycles. The van der Waals surface area contributed by atoms with Gasteiger partial charge >= 0.3 is 23.9 Å². The Morgan fingerprint density at radius 1 is 0.543 bits per heavy atom. The van der Waals surface area contributed by atoms with E-state index in [0.717, 1.165) is 0 Å². The molecule has 0 fully saturated rings. The summed E-state index contributed by atoms with van der Waals surface area (Å²) in [6.07, 6.45) is -0.108. The summed E-state index contributed by atoms with van der Waals surface area (Å²) in [7, 11) is 0. The molecule has 2 amide bonds. The van der Waals surface area contributed by atoms with Crippen molar-refractivity contribution in [1.29, 1.82) is 0 Å². The third-order valence-electron chi connectivity index (χ3n) is 4.51. The van der Waals surface area contributed by atoms with E-state index in [4.69, 9.17) is 18.9 Å². The molecule has 0 rings (SSSR count). The lowest BCUT2D eigenvalue weighted by atomic mass is 10.1. The van der Waals surface area contributed by atoms with E-state index in [1.165, 1.54) is 0 Å². The van der Waals surface area contributed by atoms with Gasteiger partial charge in [0, 0.05) is 25.7 Å². The van der Waals surface area contributed by atoms with Gasteiger partial charge in [0.2, 0.25) is 11.8 Å². The van der Waals surface area contributed by atoms with E-state index in [2.05, 4.69) is 10.6 Å². The molecule has 0 spiro atoms. The summed E-state index contributed by atoms with van der Waals surface area (Å²) in [6, 6.07) is -2.03.